The van der Waals surface area contributed by atoms with Crippen LogP contribution in [-0.2, 0) is 13.0 Å². The van der Waals surface area contributed by atoms with Crippen molar-refractivity contribution >= 4 is 5.91 Å². The molecule has 0 bridgehead atoms. The summed E-state index contributed by atoms with van der Waals surface area (Å²) in [5, 5.41) is 7.77. The van der Waals surface area contributed by atoms with Crippen molar-refractivity contribution < 1.29 is 13.8 Å². The molecular formula is C16H16N4O3. The molecule has 2 aromatic heterocycles. The first-order valence-corrected chi connectivity index (χ1v) is 7.26. The zero-order valence-corrected chi connectivity index (χ0v) is 12.9. The molecule has 1 amide bonds. The van der Waals surface area contributed by atoms with Crippen LogP contribution in [0.1, 0.15) is 29.2 Å². The van der Waals surface area contributed by atoms with Crippen LogP contribution in [0.3, 0.4) is 0 Å². The van der Waals surface area contributed by atoms with Gasteiger partial charge >= 0.3 is 0 Å². The lowest BCUT2D eigenvalue weighted by Crippen LogP contribution is -2.26. The molecule has 0 atom stereocenters. The van der Waals surface area contributed by atoms with Crippen LogP contribution in [0.4, 0.5) is 0 Å². The normalized spacial score (nSPS) is 10.7. The maximum Gasteiger partial charge on any atom is 0.292 e. The van der Waals surface area contributed by atoms with Crippen molar-refractivity contribution in [3.05, 3.63) is 53.9 Å². The minimum atomic E-state index is -0.289. The van der Waals surface area contributed by atoms with E-state index in [1.54, 1.807) is 13.1 Å². The van der Waals surface area contributed by atoms with Crippen molar-refractivity contribution in [3.8, 4) is 11.3 Å². The van der Waals surface area contributed by atoms with Gasteiger partial charge in [-0.05, 0) is 0 Å². The van der Waals surface area contributed by atoms with Gasteiger partial charge in [-0.3, -0.25) is 4.79 Å². The molecule has 0 aliphatic rings. The molecule has 0 N–H and O–H groups in total. The molecule has 3 aromatic rings. The number of hydrogen-bond donors (Lipinski definition) is 0. The fraction of sp³-hybridized carbons (Fsp3) is 0.250. The molecule has 0 aliphatic carbocycles. The first kappa shape index (κ1) is 15.0. The molecule has 0 spiro atoms. The van der Waals surface area contributed by atoms with Gasteiger partial charge in [0.25, 0.3) is 5.91 Å². The summed E-state index contributed by atoms with van der Waals surface area (Å²) in [5.74, 6) is 0.889. The number of carbonyl (C=O) groups excluding carboxylic acids is 1. The maximum atomic E-state index is 12.4. The number of aryl methyl sites for hydroxylation is 1. The van der Waals surface area contributed by atoms with Crippen LogP contribution in [0.5, 0.6) is 0 Å². The van der Waals surface area contributed by atoms with E-state index in [0.717, 1.165) is 5.56 Å². The van der Waals surface area contributed by atoms with E-state index in [1.165, 1.54) is 4.90 Å². The van der Waals surface area contributed by atoms with E-state index in [9.17, 15) is 4.79 Å². The van der Waals surface area contributed by atoms with Crippen molar-refractivity contribution in [2.45, 2.75) is 19.9 Å². The molecule has 2 heterocycles. The van der Waals surface area contributed by atoms with Crippen molar-refractivity contribution in [2.75, 3.05) is 7.05 Å². The predicted molar refractivity (Wildman–Crippen MR) is 81.4 cm³/mol. The van der Waals surface area contributed by atoms with Crippen molar-refractivity contribution in [1.82, 2.24) is 20.2 Å². The van der Waals surface area contributed by atoms with Gasteiger partial charge in [-0.2, -0.15) is 4.98 Å². The van der Waals surface area contributed by atoms with Gasteiger partial charge < -0.3 is 13.9 Å². The van der Waals surface area contributed by atoms with Crippen LogP contribution in [-0.4, -0.2) is 33.2 Å². The van der Waals surface area contributed by atoms with E-state index < -0.39 is 0 Å². The molecule has 0 saturated heterocycles. The Labute approximate surface area is 132 Å². The van der Waals surface area contributed by atoms with Gasteiger partial charge in [-0.15, -0.1) is 0 Å². The topological polar surface area (TPSA) is 85.3 Å². The molecule has 0 radical (unpaired) electrons. The number of rotatable bonds is 5. The first-order chi connectivity index (χ1) is 11.2. The third-order valence-corrected chi connectivity index (χ3v) is 3.33. The summed E-state index contributed by atoms with van der Waals surface area (Å²) >= 11 is 0. The number of hydrogen-bond acceptors (Lipinski definition) is 6. The van der Waals surface area contributed by atoms with Gasteiger partial charge in [-0.1, -0.05) is 47.6 Å². The van der Waals surface area contributed by atoms with Crippen LogP contribution in [0.15, 0.2) is 45.4 Å². The van der Waals surface area contributed by atoms with E-state index in [4.69, 9.17) is 9.05 Å². The Morgan fingerprint density at radius 1 is 1.17 bits per heavy atom. The largest absolute Gasteiger partial charge is 0.350 e. The lowest BCUT2D eigenvalue weighted by Gasteiger charge is -2.12. The lowest BCUT2D eigenvalue weighted by molar-refractivity contribution is 0.0739. The summed E-state index contributed by atoms with van der Waals surface area (Å²) < 4.78 is 10.2. The minimum Gasteiger partial charge on any atom is -0.350 e. The number of nitrogens with zero attached hydrogens (tertiary/aromatic N) is 4. The quantitative estimate of drug-likeness (QED) is 0.719. The SMILES string of the molecule is CCc1nc(CN(C)C(=O)c2cc(-c3ccccc3)no2)no1. The lowest BCUT2D eigenvalue weighted by atomic mass is 10.1. The van der Waals surface area contributed by atoms with Crippen LogP contribution in [0.2, 0.25) is 0 Å². The standard InChI is InChI=1S/C16H16N4O3/c1-3-15-17-14(19-23-15)10-20(2)16(21)13-9-12(18-22-13)11-7-5-4-6-8-11/h4-9H,3,10H2,1-2H3. The van der Waals surface area contributed by atoms with E-state index in [-0.39, 0.29) is 18.2 Å². The average Bonchev–Trinajstić information content (AvgIpc) is 3.24. The highest BCUT2D eigenvalue weighted by atomic mass is 16.5. The zero-order valence-electron chi connectivity index (χ0n) is 12.9. The maximum absolute atomic E-state index is 12.4. The second-order valence-electron chi connectivity index (χ2n) is 5.06. The molecule has 0 saturated carbocycles. The Hall–Kier alpha value is -2.96. The first-order valence-electron chi connectivity index (χ1n) is 7.26. The van der Waals surface area contributed by atoms with E-state index in [2.05, 4.69) is 15.3 Å². The predicted octanol–water partition coefficient (Wildman–Crippen LogP) is 2.56. The molecule has 118 valence electrons. The summed E-state index contributed by atoms with van der Waals surface area (Å²) in [6.45, 7) is 2.16. The van der Waals surface area contributed by atoms with Crippen LogP contribution >= 0.6 is 0 Å². The summed E-state index contributed by atoms with van der Waals surface area (Å²) in [5.41, 5.74) is 1.51. The van der Waals surface area contributed by atoms with Crippen LogP contribution in [0, 0.1) is 0 Å². The van der Waals surface area contributed by atoms with Gasteiger partial charge in [0.2, 0.25) is 11.7 Å². The summed E-state index contributed by atoms with van der Waals surface area (Å²) in [6.07, 6.45) is 0.660. The molecule has 23 heavy (non-hydrogen) atoms. The van der Waals surface area contributed by atoms with E-state index in [0.29, 0.717) is 23.8 Å². The fourth-order valence-electron chi connectivity index (χ4n) is 2.09. The fourth-order valence-corrected chi connectivity index (χ4v) is 2.09. The highest BCUT2D eigenvalue weighted by Gasteiger charge is 2.20. The monoisotopic (exact) mass is 312 g/mol. The second kappa shape index (κ2) is 6.43. The molecule has 3 rings (SSSR count). The molecule has 7 nitrogen and oxygen atoms in total. The number of benzene rings is 1. The van der Waals surface area contributed by atoms with Gasteiger partial charge in [0.15, 0.2) is 5.82 Å². The van der Waals surface area contributed by atoms with E-state index >= 15 is 0 Å². The second-order valence-corrected chi connectivity index (χ2v) is 5.06. The third kappa shape index (κ3) is 3.28. The summed E-state index contributed by atoms with van der Waals surface area (Å²) in [7, 11) is 1.65. The number of carbonyl (C=O) groups is 1. The molecule has 1 aromatic carbocycles. The summed E-state index contributed by atoms with van der Waals surface area (Å²) in [4.78, 5) is 18.0. The van der Waals surface area contributed by atoms with Crippen LogP contribution in [0.25, 0.3) is 11.3 Å². The molecular weight excluding hydrogens is 296 g/mol. The van der Waals surface area contributed by atoms with Crippen molar-refractivity contribution in [1.29, 1.82) is 0 Å². The zero-order chi connectivity index (χ0) is 16.2. The van der Waals surface area contributed by atoms with Crippen molar-refractivity contribution in [2.24, 2.45) is 0 Å². The average molecular weight is 312 g/mol. The Morgan fingerprint density at radius 3 is 2.65 bits per heavy atom. The van der Waals surface area contributed by atoms with Gasteiger partial charge in [0, 0.05) is 25.1 Å². The van der Waals surface area contributed by atoms with Crippen LogP contribution < -0.4 is 0 Å². The van der Waals surface area contributed by atoms with Crippen molar-refractivity contribution in [3.63, 3.8) is 0 Å². The van der Waals surface area contributed by atoms with Gasteiger partial charge in [-0.25, -0.2) is 0 Å². The minimum absolute atomic E-state index is 0.172. The van der Waals surface area contributed by atoms with Gasteiger partial charge in [0.05, 0.1) is 6.54 Å². The molecule has 0 fully saturated rings. The highest BCUT2D eigenvalue weighted by Crippen LogP contribution is 2.19. The number of aromatic nitrogens is 3. The Kier molecular flexibility index (Phi) is 4.18. The molecule has 7 heteroatoms. The highest BCUT2D eigenvalue weighted by molar-refractivity contribution is 5.92. The Morgan fingerprint density at radius 2 is 1.96 bits per heavy atom. The Bertz CT molecular complexity index is 795. The van der Waals surface area contributed by atoms with Gasteiger partial charge in [0.1, 0.15) is 5.69 Å². The number of amides is 1. The summed E-state index contributed by atoms with van der Waals surface area (Å²) in [6, 6.07) is 11.2. The van der Waals surface area contributed by atoms with E-state index in [1.807, 2.05) is 37.3 Å². The third-order valence-electron chi connectivity index (χ3n) is 3.33. The smallest absolute Gasteiger partial charge is 0.292 e. The Balaban J connectivity index is 1.71. The molecule has 0 unspecified atom stereocenters. The molecule has 0 aliphatic heterocycles.